The minimum Gasteiger partial charge on any atom is -0.313 e. The van der Waals surface area contributed by atoms with Gasteiger partial charge < -0.3 is 5.32 Å². The van der Waals surface area contributed by atoms with Gasteiger partial charge in [-0.25, -0.2) is 4.79 Å². The summed E-state index contributed by atoms with van der Waals surface area (Å²) < 4.78 is 41.1. The fourth-order valence-corrected chi connectivity index (χ4v) is 3.82. The summed E-state index contributed by atoms with van der Waals surface area (Å²) >= 11 is 0.938. The summed E-state index contributed by atoms with van der Waals surface area (Å²) in [5.74, 6) is -2.53. The van der Waals surface area contributed by atoms with E-state index in [2.05, 4.69) is 0 Å². The maximum Gasteiger partial charge on any atom is 0.440 e. The lowest BCUT2D eigenvalue weighted by atomic mass is 9.94. The zero-order valence-electron chi connectivity index (χ0n) is 13.1. The third-order valence-corrected chi connectivity index (χ3v) is 5.33. The van der Waals surface area contributed by atoms with Crippen molar-refractivity contribution in [3.8, 4) is 0 Å². The molecule has 4 amide bonds. The van der Waals surface area contributed by atoms with Gasteiger partial charge in [0.1, 0.15) is 0 Å². The average Bonchev–Trinajstić information content (AvgIpc) is 3.16. The third kappa shape index (κ3) is 2.99. The molecule has 6 nitrogen and oxygen atoms in total. The van der Waals surface area contributed by atoms with E-state index in [9.17, 15) is 27.6 Å². The van der Waals surface area contributed by atoms with Crippen molar-refractivity contribution in [3.05, 3.63) is 22.4 Å². The van der Waals surface area contributed by atoms with Gasteiger partial charge in [0, 0.05) is 6.04 Å². The van der Waals surface area contributed by atoms with Crippen LogP contribution in [0.1, 0.15) is 41.8 Å². The van der Waals surface area contributed by atoms with E-state index in [1.807, 2.05) is 0 Å². The molecule has 10 heteroatoms. The fourth-order valence-electron chi connectivity index (χ4n) is 3.21. The van der Waals surface area contributed by atoms with Crippen molar-refractivity contribution in [2.45, 2.75) is 50.0 Å². The minimum absolute atomic E-state index is 0.0155. The number of alkyl halides is 3. The SMILES string of the molecule is O=C(N[C@@]1(C(F)(F)F)NC(=O)N(C2CCCCC2)C1=O)c1cccs1. The Morgan fingerprint density at radius 2 is 1.96 bits per heavy atom. The number of nitrogens with zero attached hydrogens (tertiary/aromatic N) is 1. The summed E-state index contributed by atoms with van der Waals surface area (Å²) in [5, 5.41) is 4.92. The van der Waals surface area contributed by atoms with Crippen molar-refractivity contribution < 1.29 is 27.6 Å². The van der Waals surface area contributed by atoms with Crippen molar-refractivity contribution in [3.63, 3.8) is 0 Å². The first kappa shape index (κ1) is 17.7. The van der Waals surface area contributed by atoms with Crippen molar-refractivity contribution in [2.75, 3.05) is 0 Å². The monoisotopic (exact) mass is 375 g/mol. The van der Waals surface area contributed by atoms with Crippen LogP contribution in [-0.2, 0) is 4.79 Å². The van der Waals surface area contributed by atoms with Gasteiger partial charge >= 0.3 is 12.2 Å². The summed E-state index contributed by atoms with van der Waals surface area (Å²) in [6.07, 6.45) is -1.85. The van der Waals surface area contributed by atoms with E-state index >= 15 is 0 Å². The molecule has 136 valence electrons. The van der Waals surface area contributed by atoms with Crippen LogP contribution < -0.4 is 10.6 Å². The molecule has 2 aliphatic rings. The van der Waals surface area contributed by atoms with Crippen LogP contribution in [0.4, 0.5) is 18.0 Å². The molecule has 2 N–H and O–H groups in total. The van der Waals surface area contributed by atoms with Gasteiger partial charge in [-0.1, -0.05) is 25.3 Å². The summed E-state index contributed by atoms with van der Waals surface area (Å²) in [7, 11) is 0. The van der Waals surface area contributed by atoms with Gasteiger partial charge in [0.2, 0.25) is 0 Å². The van der Waals surface area contributed by atoms with Gasteiger partial charge in [0.05, 0.1) is 4.88 Å². The molecule has 25 heavy (non-hydrogen) atoms. The number of nitrogens with one attached hydrogen (secondary N) is 2. The highest BCUT2D eigenvalue weighted by Gasteiger charge is 2.69. The third-order valence-electron chi connectivity index (χ3n) is 4.46. The highest BCUT2D eigenvalue weighted by atomic mass is 32.1. The fraction of sp³-hybridized carbons (Fsp3) is 0.533. The average molecular weight is 375 g/mol. The number of carbonyl (C=O) groups is 3. The normalized spacial score (nSPS) is 25.2. The molecule has 1 aromatic heterocycles. The Morgan fingerprint density at radius 1 is 1.28 bits per heavy atom. The Kier molecular flexibility index (Phi) is 4.48. The van der Waals surface area contributed by atoms with Crippen LogP contribution in [0.15, 0.2) is 17.5 Å². The molecule has 1 aliphatic heterocycles. The van der Waals surface area contributed by atoms with Gasteiger partial charge in [-0.2, -0.15) is 13.2 Å². The lowest BCUT2D eigenvalue weighted by Gasteiger charge is -2.32. The van der Waals surface area contributed by atoms with E-state index in [-0.39, 0.29) is 4.88 Å². The Labute approximate surface area is 145 Å². The second-order valence-corrected chi connectivity index (χ2v) is 7.02. The predicted molar refractivity (Wildman–Crippen MR) is 82.8 cm³/mol. The number of urea groups is 1. The summed E-state index contributed by atoms with van der Waals surface area (Å²) in [6.45, 7) is 0. The second kappa shape index (κ2) is 6.32. The van der Waals surface area contributed by atoms with Gasteiger partial charge in [-0.05, 0) is 24.3 Å². The molecule has 1 atom stereocenters. The number of amides is 4. The lowest BCUT2D eigenvalue weighted by Crippen LogP contribution is -2.69. The van der Waals surface area contributed by atoms with Gasteiger partial charge in [0.15, 0.2) is 0 Å². The molecule has 3 rings (SSSR count). The highest BCUT2D eigenvalue weighted by molar-refractivity contribution is 7.12. The Balaban J connectivity index is 1.92. The molecule has 0 spiro atoms. The number of halogens is 3. The molecular formula is C15H16F3N3O3S. The van der Waals surface area contributed by atoms with E-state index in [4.69, 9.17) is 0 Å². The molecule has 1 aromatic rings. The summed E-state index contributed by atoms with van der Waals surface area (Å²) in [6, 6.07) is 1.14. The van der Waals surface area contributed by atoms with E-state index in [0.717, 1.165) is 30.6 Å². The van der Waals surface area contributed by atoms with Crippen molar-refractivity contribution >= 4 is 29.2 Å². The van der Waals surface area contributed by atoms with Crippen molar-refractivity contribution in [2.24, 2.45) is 0 Å². The van der Waals surface area contributed by atoms with E-state index < -0.39 is 35.7 Å². The van der Waals surface area contributed by atoms with Crippen LogP contribution in [0.5, 0.6) is 0 Å². The van der Waals surface area contributed by atoms with E-state index in [0.29, 0.717) is 17.7 Å². The van der Waals surface area contributed by atoms with E-state index in [1.54, 1.807) is 10.6 Å². The maximum absolute atomic E-state index is 13.7. The van der Waals surface area contributed by atoms with Crippen LogP contribution in [0, 0.1) is 0 Å². The first-order valence-corrected chi connectivity index (χ1v) is 8.73. The van der Waals surface area contributed by atoms with Gasteiger partial charge in [0.25, 0.3) is 17.5 Å². The molecule has 0 radical (unpaired) electrons. The summed E-state index contributed by atoms with van der Waals surface area (Å²) in [4.78, 5) is 37.5. The number of thiophene rings is 1. The molecular weight excluding hydrogens is 359 g/mol. The second-order valence-electron chi connectivity index (χ2n) is 6.08. The molecule has 0 unspecified atom stereocenters. The molecule has 1 saturated heterocycles. The van der Waals surface area contributed by atoms with Crippen LogP contribution in [0.3, 0.4) is 0 Å². The predicted octanol–water partition coefficient (Wildman–Crippen LogP) is 2.62. The quantitative estimate of drug-likeness (QED) is 0.798. The maximum atomic E-state index is 13.7. The lowest BCUT2D eigenvalue weighted by molar-refractivity contribution is -0.200. The highest BCUT2D eigenvalue weighted by Crippen LogP contribution is 2.37. The van der Waals surface area contributed by atoms with Crippen molar-refractivity contribution in [1.29, 1.82) is 0 Å². The van der Waals surface area contributed by atoms with Crippen LogP contribution in [0.2, 0.25) is 0 Å². The zero-order chi connectivity index (χ0) is 18.2. The van der Waals surface area contributed by atoms with Gasteiger partial charge in [-0.15, -0.1) is 11.3 Å². The summed E-state index contributed by atoms with van der Waals surface area (Å²) in [5.41, 5.74) is -3.43. The Hall–Kier alpha value is -2.10. The van der Waals surface area contributed by atoms with Crippen LogP contribution >= 0.6 is 11.3 Å². The number of hydrogen-bond acceptors (Lipinski definition) is 4. The first-order valence-electron chi connectivity index (χ1n) is 7.85. The molecule has 1 aliphatic carbocycles. The standard InChI is InChI=1S/C15H16F3N3O3S/c16-15(17,18)14(19-11(22)10-7-4-8-25-10)12(23)21(13(24)20-14)9-5-2-1-3-6-9/h4,7-9H,1-3,5-6H2,(H,19,22)(H,20,24)/t14-/m1/s1. The van der Waals surface area contributed by atoms with Crippen LogP contribution in [-0.4, -0.2) is 40.6 Å². The Bertz CT molecular complexity index is 686. The van der Waals surface area contributed by atoms with Crippen LogP contribution in [0.25, 0.3) is 0 Å². The van der Waals surface area contributed by atoms with E-state index in [1.165, 1.54) is 17.5 Å². The number of imide groups is 1. The first-order chi connectivity index (χ1) is 11.8. The smallest absolute Gasteiger partial charge is 0.313 e. The minimum atomic E-state index is -5.17. The molecule has 2 fully saturated rings. The van der Waals surface area contributed by atoms with Gasteiger partial charge in [-0.3, -0.25) is 19.8 Å². The van der Waals surface area contributed by atoms with Crippen molar-refractivity contribution in [1.82, 2.24) is 15.5 Å². The molecule has 2 heterocycles. The zero-order valence-corrected chi connectivity index (χ0v) is 13.9. The Morgan fingerprint density at radius 3 is 2.52 bits per heavy atom. The largest absolute Gasteiger partial charge is 0.440 e. The molecule has 0 aromatic carbocycles. The number of rotatable bonds is 3. The number of hydrogen-bond donors (Lipinski definition) is 2. The number of carbonyl (C=O) groups excluding carboxylic acids is 3. The topological polar surface area (TPSA) is 78.5 Å². The molecule has 1 saturated carbocycles. The molecule has 0 bridgehead atoms.